The van der Waals surface area contributed by atoms with Crippen molar-refractivity contribution in [1.82, 2.24) is 9.36 Å². The summed E-state index contributed by atoms with van der Waals surface area (Å²) in [4.78, 5) is 15.5. The number of ether oxygens (including phenoxy) is 1. The van der Waals surface area contributed by atoms with Crippen LogP contribution >= 0.6 is 11.5 Å². The van der Waals surface area contributed by atoms with Gasteiger partial charge in [0.05, 0.1) is 6.61 Å². The topological polar surface area (TPSA) is 52.1 Å². The highest BCUT2D eigenvalue weighted by Crippen LogP contribution is 2.17. The largest absolute Gasteiger partial charge is 0.461 e. The van der Waals surface area contributed by atoms with Crippen LogP contribution < -0.4 is 0 Å². The van der Waals surface area contributed by atoms with E-state index in [1.54, 1.807) is 6.92 Å². The highest BCUT2D eigenvalue weighted by molar-refractivity contribution is 7.07. The van der Waals surface area contributed by atoms with Crippen molar-refractivity contribution in [3.05, 3.63) is 35.3 Å². The van der Waals surface area contributed by atoms with Crippen LogP contribution in [-0.2, 0) is 4.74 Å². The third-order valence-electron chi connectivity index (χ3n) is 1.91. The number of esters is 1. The van der Waals surface area contributed by atoms with Crippen LogP contribution in [0.25, 0.3) is 11.4 Å². The average Bonchev–Trinajstić information content (AvgIpc) is 3.02. The molecular weight excluding hydrogens is 272 g/mol. The molecule has 0 spiro atoms. The van der Waals surface area contributed by atoms with Gasteiger partial charge in [0.25, 0.3) is 0 Å². The maximum Gasteiger partial charge on any atom is 0.369 e. The number of aromatic nitrogens is 2. The molecule has 0 aliphatic rings. The van der Waals surface area contributed by atoms with Crippen LogP contribution in [0.2, 0.25) is 0 Å². The Hall–Kier alpha value is -1.75. The van der Waals surface area contributed by atoms with Gasteiger partial charge in [-0.15, -0.1) is 0 Å². The van der Waals surface area contributed by atoms with Gasteiger partial charge in [-0.2, -0.15) is 4.37 Å². The monoisotopic (exact) mass is 294 g/mol. The van der Waals surface area contributed by atoms with Crippen LogP contribution in [0.15, 0.2) is 30.3 Å². The molecule has 0 aliphatic carbocycles. The Bertz CT molecular complexity index is 484. The van der Waals surface area contributed by atoms with Crippen molar-refractivity contribution >= 4 is 17.5 Å². The molecule has 0 aliphatic heterocycles. The summed E-state index contributed by atoms with van der Waals surface area (Å²) in [5.74, 6) is 0.149. The minimum atomic E-state index is -0.415. The Labute approximate surface area is 125 Å². The molecule has 1 aromatic carbocycles. The third-order valence-corrected chi connectivity index (χ3v) is 2.60. The van der Waals surface area contributed by atoms with Crippen molar-refractivity contribution in [1.29, 1.82) is 0 Å². The molecule has 0 atom stereocenters. The number of carbonyl (C=O) groups is 1. The minimum absolute atomic E-state index is 0.292. The van der Waals surface area contributed by atoms with E-state index < -0.39 is 5.97 Å². The zero-order valence-corrected chi connectivity index (χ0v) is 13.5. The van der Waals surface area contributed by atoms with Gasteiger partial charge in [0, 0.05) is 5.56 Å². The Morgan fingerprint density at radius 1 is 1.15 bits per heavy atom. The van der Waals surface area contributed by atoms with E-state index in [0.717, 1.165) is 17.1 Å². The molecule has 5 heteroatoms. The second-order valence-corrected chi connectivity index (χ2v) is 3.76. The van der Waals surface area contributed by atoms with E-state index >= 15 is 0 Å². The molecule has 1 heterocycles. The van der Waals surface area contributed by atoms with Gasteiger partial charge in [0.1, 0.15) is 0 Å². The van der Waals surface area contributed by atoms with Crippen molar-refractivity contribution < 1.29 is 9.53 Å². The molecule has 20 heavy (non-hydrogen) atoms. The zero-order valence-electron chi connectivity index (χ0n) is 12.7. The lowest BCUT2D eigenvalue weighted by Gasteiger charge is -1.95. The lowest BCUT2D eigenvalue weighted by molar-refractivity contribution is 0.0526. The molecule has 0 bridgehead atoms. The van der Waals surface area contributed by atoms with Gasteiger partial charge in [0.2, 0.25) is 5.01 Å². The molecule has 1 aromatic heterocycles. The standard InChI is InChI=1S/C11H10N2O2S.2C2H6/c1-2-15-11(14)10-12-9(13-16-10)8-6-4-3-5-7-8;2*1-2/h3-7H,2H2,1H3;2*1-2H3. The predicted molar refractivity (Wildman–Crippen MR) is 84.0 cm³/mol. The van der Waals surface area contributed by atoms with Crippen molar-refractivity contribution in [2.45, 2.75) is 34.6 Å². The number of carbonyl (C=O) groups excluding carboxylic acids is 1. The number of benzene rings is 1. The normalized spacial score (nSPS) is 8.65. The summed E-state index contributed by atoms with van der Waals surface area (Å²) < 4.78 is 8.97. The molecule has 0 saturated carbocycles. The first kappa shape index (κ1) is 18.2. The number of rotatable bonds is 3. The fourth-order valence-corrected chi connectivity index (χ4v) is 1.78. The van der Waals surface area contributed by atoms with Gasteiger partial charge in [-0.25, -0.2) is 9.78 Å². The first-order valence-electron chi connectivity index (χ1n) is 6.87. The summed E-state index contributed by atoms with van der Waals surface area (Å²) in [6.45, 7) is 10.1. The van der Waals surface area contributed by atoms with Gasteiger partial charge >= 0.3 is 5.97 Å². The molecule has 0 unspecified atom stereocenters. The Balaban J connectivity index is 0.000000829. The first-order valence-corrected chi connectivity index (χ1v) is 7.65. The second kappa shape index (κ2) is 11.1. The molecule has 0 amide bonds. The fraction of sp³-hybridized carbons (Fsp3) is 0.400. The third kappa shape index (κ3) is 5.48. The Morgan fingerprint density at radius 2 is 1.75 bits per heavy atom. The molecule has 0 N–H and O–H groups in total. The predicted octanol–water partition coefficient (Wildman–Crippen LogP) is 4.43. The van der Waals surface area contributed by atoms with Gasteiger partial charge in [0.15, 0.2) is 5.82 Å². The fourth-order valence-electron chi connectivity index (χ4n) is 1.20. The summed E-state index contributed by atoms with van der Waals surface area (Å²) in [6, 6.07) is 9.52. The van der Waals surface area contributed by atoms with E-state index in [1.165, 1.54) is 0 Å². The maximum absolute atomic E-state index is 11.4. The van der Waals surface area contributed by atoms with Crippen molar-refractivity contribution in [2.24, 2.45) is 0 Å². The lowest BCUT2D eigenvalue weighted by Crippen LogP contribution is -2.03. The van der Waals surface area contributed by atoms with Crippen LogP contribution in [0.3, 0.4) is 0 Å². The number of hydrogen-bond donors (Lipinski definition) is 0. The van der Waals surface area contributed by atoms with Crippen LogP contribution in [0.1, 0.15) is 44.4 Å². The zero-order chi connectivity index (χ0) is 15.4. The van der Waals surface area contributed by atoms with E-state index in [4.69, 9.17) is 4.74 Å². The van der Waals surface area contributed by atoms with Crippen LogP contribution in [0.5, 0.6) is 0 Å². The molecule has 0 fully saturated rings. The lowest BCUT2D eigenvalue weighted by atomic mass is 10.2. The summed E-state index contributed by atoms with van der Waals surface area (Å²) in [7, 11) is 0. The molecule has 4 nitrogen and oxygen atoms in total. The second-order valence-electron chi connectivity index (χ2n) is 3.01. The van der Waals surface area contributed by atoms with Crippen molar-refractivity contribution in [3.63, 3.8) is 0 Å². The van der Waals surface area contributed by atoms with E-state index in [1.807, 2.05) is 58.0 Å². The van der Waals surface area contributed by atoms with Gasteiger partial charge in [-0.3, -0.25) is 0 Å². The summed E-state index contributed by atoms with van der Waals surface area (Å²) in [5.41, 5.74) is 0.897. The van der Waals surface area contributed by atoms with Gasteiger partial charge in [-0.05, 0) is 18.5 Å². The molecule has 0 radical (unpaired) electrons. The summed E-state index contributed by atoms with van der Waals surface area (Å²) in [6.07, 6.45) is 0. The van der Waals surface area contributed by atoms with E-state index in [9.17, 15) is 4.79 Å². The van der Waals surface area contributed by atoms with E-state index in [0.29, 0.717) is 17.4 Å². The van der Waals surface area contributed by atoms with E-state index in [2.05, 4.69) is 9.36 Å². The molecule has 0 saturated heterocycles. The SMILES string of the molecule is CC.CC.CCOC(=O)c1nc(-c2ccccc2)ns1. The maximum atomic E-state index is 11.4. The van der Waals surface area contributed by atoms with E-state index in [-0.39, 0.29) is 0 Å². The van der Waals surface area contributed by atoms with Crippen LogP contribution in [-0.4, -0.2) is 21.9 Å². The van der Waals surface area contributed by atoms with Crippen molar-refractivity contribution in [2.75, 3.05) is 6.61 Å². The highest BCUT2D eigenvalue weighted by Gasteiger charge is 2.13. The molecule has 2 rings (SSSR count). The van der Waals surface area contributed by atoms with Crippen molar-refractivity contribution in [3.8, 4) is 11.4 Å². The van der Waals surface area contributed by atoms with Gasteiger partial charge in [-0.1, -0.05) is 58.0 Å². The quantitative estimate of drug-likeness (QED) is 0.786. The first-order chi connectivity index (χ1) is 9.81. The Kier molecular flexibility index (Phi) is 10.1. The number of nitrogens with zero attached hydrogens (tertiary/aromatic N) is 2. The summed E-state index contributed by atoms with van der Waals surface area (Å²) >= 11 is 1.06. The molecule has 110 valence electrons. The molecule has 2 aromatic rings. The van der Waals surface area contributed by atoms with Crippen LogP contribution in [0, 0.1) is 0 Å². The van der Waals surface area contributed by atoms with Gasteiger partial charge < -0.3 is 4.74 Å². The Morgan fingerprint density at radius 3 is 2.30 bits per heavy atom. The highest BCUT2D eigenvalue weighted by atomic mass is 32.1. The average molecular weight is 294 g/mol. The van der Waals surface area contributed by atoms with Crippen LogP contribution in [0.4, 0.5) is 0 Å². The molecular formula is C15H22N2O2S. The summed E-state index contributed by atoms with van der Waals surface area (Å²) in [5, 5.41) is 0.292. The number of hydrogen-bond acceptors (Lipinski definition) is 5. The smallest absolute Gasteiger partial charge is 0.369 e. The minimum Gasteiger partial charge on any atom is -0.461 e.